The number of hydrogen-bond donors (Lipinski definition) is 4. The lowest BCUT2D eigenvalue weighted by Gasteiger charge is -2.61. The van der Waals surface area contributed by atoms with E-state index in [1.54, 1.807) is 27.0 Å². The minimum absolute atomic E-state index is 0.0127. The third-order valence-corrected chi connectivity index (χ3v) is 10.8. The number of hydrogen-bond acceptors (Lipinski definition) is 9. The maximum absolute atomic E-state index is 13.3. The first-order valence-corrected chi connectivity index (χ1v) is 15.5. The molecule has 0 amide bonds. The zero-order valence-electron chi connectivity index (χ0n) is 25.8. The average Bonchev–Trinajstić information content (AvgIpc) is 2.97. The Balaban J connectivity index is 1.69. The Bertz CT molecular complexity index is 1220. The Hall–Kier alpha value is -2.01. The summed E-state index contributed by atoms with van der Waals surface area (Å²) in [6, 6.07) is 1.64. The van der Waals surface area contributed by atoms with Gasteiger partial charge in [-0.3, -0.25) is 4.89 Å². The number of phenolic OH excluding ortho intramolecular Hbond substituents is 1. The van der Waals surface area contributed by atoms with Crippen molar-refractivity contribution in [3.8, 4) is 5.75 Å². The van der Waals surface area contributed by atoms with Crippen molar-refractivity contribution in [1.29, 1.82) is 0 Å². The molecule has 1 saturated carbocycles. The van der Waals surface area contributed by atoms with E-state index in [1.165, 1.54) is 0 Å². The fourth-order valence-corrected chi connectivity index (χ4v) is 8.36. The van der Waals surface area contributed by atoms with E-state index in [1.807, 2.05) is 19.9 Å². The molecule has 1 aromatic rings. The van der Waals surface area contributed by atoms with Crippen LogP contribution in [0.15, 0.2) is 17.7 Å². The summed E-state index contributed by atoms with van der Waals surface area (Å²) in [6.45, 7) is 9.18. The van der Waals surface area contributed by atoms with Gasteiger partial charge < -0.3 is 29.9 Å². The molecule has 1 unspecified atom stereocenters. The topological polar surface area (TPSA) is 135 Å². The summed E-state index contributed by atoms with van der Waals surface area (Å²) in [5.74, 6) is -2.17. The first-order chi connectivity index (χ1) is 19.8. The van der Waals surface area contributed by atoms with E-state index in [4.69, 9.17) is 19.2 Å². The molecule has 8 atom stereocenters. The molecule has 2 bridgehead atoms. The van der Waals surface area contributed by atoms with Crippen LogP contribution in [0.3, 0.4) is 0 Å². The van der Waals surface area contributed by atoms with Gasteiger partial charge in [0.05, 0.1) is 36.9 Å². The van der Waals surface area contributed by atoms with Crippen LogP contribution >= 0.6 is 0 Å². The van der Waals surface area contributed by atoms with Crippen LogP contribution in [0, 0.1) is 24.2 Å². The quantitative estimate of drug-likeness (QED) is 0.205. The average molecular weight is 589 g/mol. The van der Waals surface area contributed by atoms with Gasteiger partial charge in [-0.05, 0) is 66.9 Å². The number of aliphatic hydroxyl groups excluding tert-OH is 2. The normalized spacial score (nSPS) is 37.3. The predicted molar refractivity (Wildman–Crippen MR) is 155 cm³/mol. The molecule has 1 fully saturated rings. The number of ether oxygens (including phenoxy) is 2. The van der Waals surface area contributed by atoms with Crippen molar-refractivity contribution in [1.82, 2.24) is 0 Å². The van der Waals surface area contributed by atoms with Crippen LogP contribution in [-0.2, 0) is 25.7 Å². The number of aromatic hydroxyl groups is 1. The predicted octanol–water partition coefficient (Wildman–Crippen LogP) is 4.61. The van der Waals surface area contributed by atoms with Gasteiger partial charge in [0.2, 0.25) is 0 Å². The van der Waals surface area contributed by atoms with E-state index in [9.17, 15) is 25.2 Å². The van der Waals surface area contributed by atoms with Gasteiger partial charge in [-0.2, -0.15) is 4.89 Å². The Morgan fingerprint density at radius 2 is 1.88 bits per heavy atom. The molecule has 4 N–H and O–H groups in total. The summed E-state index contributed by atoms with van der Waals surface area (Å²) in [5.41, 5.74) is -0.782. The Morgan fingerprint density at radius 3 is 2.52 bits per heavy atom. The summed E-state index contributed by atoms with van der Waals surface area (Å²) < 4.78 is 13.1. The monoisotopic (exact) mass is 588 g/mol. The molecule has 0 saturated heterocycles. The van der Waals surface area contributed by atoms with Crippen molar-refractivity contribution in [2.75, 3.05) is 13.7 Å². The number of aliphatic hydroxyl groups is 3. The van der Waals surface area contributed by atoms with Crippen LogP contribution in [0.5, 0.6) is 5.75 Å². The van der Waals surface area contributed by atoms with Crippen molar-refractivity contribution in [3.63, 3.8) is 0 Å². The number of rotatable bonds is 7. The largest absolute Gasteiger partial charge is 0.507 e. The van der Waals surface area contributed by atoms with Gasteiger partial charge in [0.25, 0.3) is 0 Å². The lowest BCUT2D eigenvalue weighted by Crippen LogP contribution is -2.69. The van der Waals surface area contributed by atoms with Crippen molar-refractivity contribution in [3.05, 3.63) is 40.0 Å². The molecule has 2 aliphatic heterocycles. The second-order valence-electron chi connectivity index (χ2n) is 13.8. The van der Waals surface area contributed by atoms with Crippen molar-refractivity contribution >= 4 is 5.97 Å². The van der Waals surface area contributed by atoms with E-state index >= 15 is 0 Å². The van der Waals surface area contributed by atoms with Crippen LogP contribution < -0.4 is 0 Å². The van der Waals surface area contributed by atoms with Crippen LogP contribution in [0.4, 0.5) is 0 Å². The summed E-state index contributed by atoms with van der Waals surface area (Å²) in [7, 11) is 1.57. The van der Waals surface area contributed by atoms with Gasteiger partial charge in [-0.15, -0.1) is 0 Å². The van der Waals surface area contributed by atoms with Crippen LogP contribution in [0.2, 0.25) is 0 Å². The number of carbonyl (C=O) groups is 1. The van der Waals surface area contributed by atoms with Gasteiger partial charge in [0.15, 0.2) is 0 Å². The number of methoxy groups -OCH3 is 1. The second-order valence-corrected chi connectivity index (χ2v) is 13.8. The molecule has 0 radical (unpaired) electrons. The van der Waals surface area contributed by atoms with Gasteiger partial charge in [-0.25, -0.2) is 4.79 Å². The maximum Gasteiger partial charge on any atom is 0.377 e. The molecular weight excluding hydrogens is 540 g/mol. The summed E-state index contributed by atoms with van der Waals surface area (Å²) >= 11 is 0. The van der Waals surface area contributed by atoms with Crippen LogP contribution in [0.25, 0.3) is 0 Å². The zero-order valence-corrected chi connectivity index (χ0v) is 25.8. The first kappa shape index (κ1) is 31.4. The summed E-state index contributed by atoms with van der Waals surface area (Å²) in [5, 5.41) is 45.3. The molecule has 2 aliphatic carbocycles. The Kier molecular flexibility index (Phi) is 8.59. The number of phenols is 1. The maximum atomic E-state index is 13.3. The highest BCUT2D eigenvalue weighted by Gasteiger charge is 2.66. The van der Waals surface area contributed by atoms with Crippen LogP contribution in [-0.4, -0.2) is 69.6 Å². The smallest absolute Gasteiger partial charge is 0.377 e. The van der Waals surface area contributed by atoms with Gasteiger partial charge in [0, 0.05) is 19.4 Å². The zero-order chi connectivity index (χ0) is 30.6. The summed E-state index contributed by atoms with van der Waals surface area (Å²) in [4.78, 5) is 24.8. The third-order valence-electron chi connectivity index (χ3n) is 10.8. The molecule has 0 aromatic heterocycles. The molecule has 4 aliphatic rings. The molecule has 5 rings (SSSR count). The van der Waals surface area contributed by atoms with Crippen molar-refractivity contribution in [2.24, 2.45) is 17.3 Å². The van der Waals surface area contributed by atoms with Gasteiger partial charge in [0.1, 0.15) is 22.5 Å². The lowest BCUT2D eigenvalue weighted by molar-refractivity contribution is -0.353. The van der Waals surface area contributed by atoms with E-state index in [2.05, 4.69) is 6.92 Å². The number of carbonyl (C=O) groups excluding carboxylic acids is 1. The highest BCUT2D eigenvalue weighted by atomic mass is 17.2. The third kappa shape index (κ3) is 4.90. The van der Waals surface area contributed by atoms with E-state index in [0.29, 0.717) is 24.0 Å². The van der Waals surface area contributed by atoms with E-state index in [0.717, 1.165) is 43.2 Å². The molecule has 1 aromatic carbocycles. The minimum Gasteiger partial charge on any atom is -0.507 e. The fraction of sp³-hybridized carbons (Fsp3) is 0.727. The number of fused-ring (bicyclic) bond motifs is 4. The highest BCUT2D eigenvalue weighted by molar-refractivity contribution is 5.94. The number of benzene rings is 1. The molecule has 9 nitrogen and oxygen atoms in total. The Labute approximate surface area is 248 Å². The minimum atomic E-state index is -1.56. The molecule has 234 valence electrons. The van der Waals surface area contributed by atoms with Crippen molar-refractivity contribution < 1.29 is 44.5 Å². The standard InChI is InChI=1S/C33H48O9/c1-7-8-9-10-11-21-12-19-13-23(35)27-18(2)26(19)29(40-21)28-24(39-6)14-20(17-34)22-15-31(3,4)33(22,38)25(36)16-32(28,5)42-41-30(27)37/h13-14,21-22,24-25,28-29,34-36,38H,7-12,15-17H2,1-6H3/t21-,22-,24?,25+,28-,29+,32+,33-/m1/s1. The number of unbranched alkanes of at least 4 members (excludes halogenated alkanes) is 3. The second kappa shape index (κ2) is 11.5. The van der Waals surface area contributed by atoms with Gasteiger partial charge >= 0.3 is 5.97 Å². The van der Waals surface area contributed by atoms with E-state index < -0.39 is 52.7 Å². The highest BCUT2D eigenvalue weighted by Crippen LogP contribution is 2.61. The SMILES string of the molecule is CCCCCC[C@@H]1Cc2cc(O)c3c(C)c2[C@H](O1)[C@H]1C(OC)C=C(CO)[C@H]2CC(C)(C)[C@]2(O)[C@@H](O)C[C@]1(C)OOC3=O. The molecule has 42 heavy (non-hydrogen) atoms. The molecule has 2 heterocycles. The lowest BCUT2D eigenvalue weighted by atomic mass is 9.48. The fourth-order valence-electron chi connectivity index (χ4n) is 8.36. The van der Waals surface area contributed by atoms with Crippen LogP contribution in [0.1, 0.15) is 106 Å². The molecule has 0 spiro atoms. The van der Waals surface area contributed by atoms with E-state index in [-0.39, 0.29) is 30.4 Å². The summed E-state index contributed by atoms with van der Waals surface area (Å²) in [6.07, 6.45) is 5.29. The Morgan fingerprint density at radius 1 is 1.14 bits per heavy atom. The first-order valence-electron chi connectivity index (χ1n) is 15.5. The molecular formula is C33H48O9. The van der Waals surface area contributed by atoms with Crippen molar-refractivity contribution in [2.45, 2.75) is 122 Å². The molecule has 9 heteroatoms. The van der Waals surface area contributed by atoms with Gasteiger partial charge in [-0.1, -0.05) is 52.5 Å².